The van der Waals surface area contributed by atoms with Crippen molar-refractivity contribution in [3.8, 4) is 17.2 Å². The number of rotatable bonds is 8. The van der Waals surface area contributed by atoms with Crippen LogP contribution in [0.25, 0.3) is 10.2 Å². The van der Waals surface area contributed by atoms with Gasteiger partial charge in [-0.15, -0.1) is 11.3 Å². The Morgan fingerprint density at radius 3 is 2.44 bits per heavy atom. The molecule has 0 radical (unpaired) electrons. The first-order valence-electron chi connectivity index (χ1n) is 10.3. The van der Waals surface area contributed by atoms with Crippen LogP contribution in [0.1, 0.15) is 5.56 Å². The number of amides is 1. The standard InChI is InChI=1S/C24H23N3O6S/c1-31-16-6-4-5-15(11-16)13-27-23(29)22-19(9-10-34-22)26(24(27)30)14-21(28)25-18-12-17(32-2)7-8-20(18)33-3/h4-12H,13-14H2,1-3H3,(H,25,28). The number of nitrogens with one attached hydrogen (secondary N) is 1. The quantitative estimate of drug-likeness (QED) is 0.415. The highest BCUT2D eigenvalue weighted by molar-refractivity contribution is 7.17. The molecule has 2 heterocycles. The maximum absolute atomic E-state index is 13.3. The number of nitrogens with zero attached hydrogens (tertiary/aromatic N) is 2. The zero-order valence-corrected chi connectivity index (χ0v) is 19.7. The average molecular weight is 482 g/mol. The van der Waals surface area contributed by atoms with E-state index in [1.807, 2.05) is 0 Å². The van der Waals surface area contributed by atoms with Crippen LogP contribution >= 0.6 is 11.3 Å². The minimum atomic E-state index is -0.577. The molecule has 0 fully saturated rings. The third kappa shape index (κ3) is 4.53. The zero-order valence-electron chi connectivity index (χ0n) is 18.9. The molecule has 1 N–H and O–H groups in total. The van der Waals surface area contributed by atoms with Crippen LogP contribution in [0.4, 0.5) is 5.69 Å². The van der Waals surface area contributed by atoms with E-state index in [-0.39, 0.29) is 13.1 Å². The SMILES string of the molecule is COc1cccc(Cn2c(=O)c3sccc3n(CC(=O)Nc3cc(OC)ccc3OC)c2=O)c1. The van der Waals surface area contributed by atoms with Crippen molar-refractivity contribution < 1.29 is 19.0 Å². The molecule has 0 atom stereocenters. The highest BCUT2D eigenvalue weighted by Crippen LogP contribution is 2.29. The Hall–Kier alpha value is -4.05. The van der Waals surface area contributed by atoms with Crippen LogP contribution in [0.5, 0.6) is 17.2 Å². The largest absolute Gasteiger partial charge is 0.497 e. The van der Waals surface area contributed by atoms with Gasteiger partial charge in [-0.2, -0.15) is 0 Å². The number of hydrogen-bond donors (Lipinski definition) is 1. The summed E-state index contributed by atoms with van der Waals surface area (Å²) in [6, 6.07) is 13.8. The third-order valence-electron chi connectivity index (χ3n) is 5.29. The lowest BCUT2D eigenvalue weighted by Gasteiger charge is -2.14. The van der Waals surface area contributed by atoms with Crippen molar-refractivity contribution in [2.75, 3.05) is 26.6 Å². The van der Waals surface area contributed by atoms with E-state index in [4.69, 9.17) is 14.2 Å². The van der Waals surface area contributed by atoms with Gasteiger partial charge in [0.1, 0.15) is 28.5 Å². The fraction of sp³-hybridized carbons (Fsp3) is 0.208. The Morgan fingerprint density at radius 2 is 1.71 bits per heavy atom. The topological polar surface area (TPSA) is 101 Å². The summed E-state index contributed by atoms with van der Waals surface area (Å²) >= 11 is 1.23. The molecule has 0 bridgehead atoms. The number of aromatic nitrogens is 2. The van der Waals surface area contributed by atoms with Gasteiger partial charge in [-0.3, -0.25) is 18.7 Å². The third-order valence-corrected chi connectivity index (χ3v) is 6.19. The number of hydrogen-bond acceptors (Lipinski definition) is 7. The smallest absolute Gasteiger partial charge is 0.332 e. The Kier molecular flexibility index (Phi) is 6.69. The normalized spacial score (nSPS) is 10.8. The number of fused-ring (bicyclic) bond motifs is 1. The fourth-order valence-electron chi connectivity index (χ4n) is 3.62. The van der Waals surface area contributed by atoms with Gasteiger partial charge in [0.2, 0.25) is 5.91 Å². The molecule has 10 heteroatoms. The maximum Gasteiger partial charge on any atom is 0.332 e. The van der Waals surface area contributed by atoms with Crippen molar-refractivity contribution >= 4 is 33.1 Å². The monoisotopic (exact) mass is 481 g/mol. The first-order chi connectivity index (χ1) is 16.4. The predicted octanol–water partition coefficient (Wildman–Crippen LogP) is 2.94. The second kappa shape index (κ2) is 9.84. The van der Waals surface area contributed by atoms with Crippen molar-refractivity contribution in [3.05, 3.63) is 80.3 Å². The molecule has 176 valence electrons. The Morgan fingerprint density at radius 1 is 0.941 bits per heavy atom. The van der Waals surface area contributed by atoms with Gasteiger partial charge in [0.15, 0.2) is 0 Å². The minimum Gasteiger partial charge on any atom is -0.497 e. The predicted molar refractivity (Wildman–Crippen MR) is 131 cm³/mol. The minimum absolute atomic E-state index is 0.0496. The van der Waals surface area contributed by atoms with Gasteiger partial charge < -0.3 is 19.5 Å². The van der Waals surface area contributed by atoms with Gasteiger partial charge >= 0.3 is 5.69 Å². The molecule has 0 aliphatic rings. The van der Waals surface area contributed by atoms with Gasteiger partial charge in [0.05, 0.1) is 39.1 Å². The molecular formula is C24H23N3O6S. The van der Waals surface area contributed by atoms with Gasteiger partial charge in [0.25, 0.3) is 5.56 Å². The molecule has 2 aromatic carbocycles. The first-order valence-corrected chi connectivity index (χ1v) is 11.2. The number of methoxy groups -OCH3 is 3. The van der Waals surface area contributed by atoms with Crippen molar-refractivity contribution in [2.45, 2.75) is 13.1 Å². The molecule has 34 heavy (non-hydrogen) atoms. The number of carbonyl (C=O) groups excluding carboxylic acids is 1. The van der Waals surface area contributed by atoms with Crippen molar-refractivity contribution in [1.82, 2.24) is 9.13 Å². The number of anilines is 1. The summed E-state index contributed by atoms with van der Waals surface area (Å²) in [6.45, 7) is -0.237. The fourth-order valence-corrected chi connectivity index (χ4v) is 4.47. The van der Waals surface area contributed by atoms with Crippen molar-refractivity contribution in [3.63, 3.8) is 0 Å². The van der Waals surface area contributed by atoms with Crippen LogP contribution in [0.2, 0.25) is 0 Å². The molecule has 1 amide bonds. The Balaban J connectivity index is 1.70. The highest BCUT2D eigenvalue weighted by atomic mass is 32.1. The lowest BCUT2D eigenvalue weighted by atomic mass is 10.2. The summed E-state index contributed by atoms with van der Waals surface area (Å²) in [5.74, 6) is 1.16. The lowest BCUT2D eigenvalue weighted by Crippen LogP contribution is -2.41. The molecule has 0 aliphatic carbocycles. The first kappa shape index (κ1) is 23.1. The average Bonchev–Trinajstić information content (AvgIpc) is 3.34. The molecular weight excluding hydrogens is 458 g/mol. The highest BCUT2D eigenvalue weighted by Gasteiger charge is 2.18. The molecule has 0 saturated heterocycles. The number of carbonyl (C=O) groups is 1. The summed E-state index contributed by atoms with van der Waals surface area (Å²) in [7, 11) is 4.56. The maximum atomic E-state index is 13.3. The molecule has 0 spiro atoms. The summed E-state index contributed by atoms with van der Waals surface area (Å²) in [6.07, 6.45) is 0. The van der Waals surface area contributed by atoms with Crippen molar-refractivity contribution in [2.24, 2.45) is 0 Å². The van der Waals surface area contributed by atoms with Crippen LogP contribution in [-0.4, -0.2) is 36.4 Å². The Labute approximate surface area is 198 Å². The molecule has 0 saturated carbocycles. The van der Waals surface area contributed by atoms with Crippen LogP contribution in [0.15, 0.2) is 63.5 Å². The van der Waals surface area contributed by atoms with Gasteiger partial charge in [-0.05, 0) is 41.3 Å². The zero-order chi connectivity index (χ0) is 24.2. The summed E-state index contributed by atoms with van der Waals surface area (Å²) < 4.78 is 18.6. The van der Waals surface area contributed by atoms with E-state index in [1.54, 1.807) is 61.0 Å². The number of benzene rings is 2. The second-order valence-electron chi connectivity index (χ2n) is 7.36. The molecule has 9 nitrogen and oxygen atoms in total. The molecule has 2 aromatic heterocycles. The van der Waals surface area contributed by atoms with Crippen LogP contribution in [0.3, 0.4) is 0 Å². The molecule has 0 aliphatic heterocycles. The Bertz CT molecular complexity index is 1470. The van der Waals surface area contributed by atoms with Gasteiger partial charge in [-0.1, -0.05) is 12.1 Å². The van der Waals surface area contributed by atoms with Gasteiger partial charge in [-0.25, -0.2) is 4.79 Å². The summed E-state index contributed by atoms with van der Waals surface area (Å²) in [5.41, 5.74) is 0.572. The summed E-state index contributed by atoms with van der Waals surface area (Å²) in [4.78, 5) is 39.3. The van der Waals surface area contributed by atoms with E-state index in [9.17, 15) is 14.4 Å². The van der Waals surface area contributed by atoms with Gasteiger partial charge in [0, 0.05) is 6.07 Å². The second-order valence-corrected chi connectivity index (χ2v) is 8.28. The van der Waals surface area contributed by atoms with Crippen LogP contribution in [-0.2, 0) is 17.9 Å². The van der Waals surface area contributed by atoms with E-state index < -0.39 is 17.2 Å². The van der Waals surface area contributed by atoms with E-state index >= 15 is 0 Å². The van der Waals surface area contributed by atoms with Crippen LogP contribution in [0, 0.1) is 0 Å². The molecule has 4 rings (SSSR count). The summed E-state index contributed by atoms with van der Waals surface area (Å²) in [5, 5.41) is 4.49. The van der Waals surface area contributed by atoms with E-state index in [0.29, 0.717) is 33.2 Å². The van der Waals surface area contributed by atoms with Crippen LogP contribution < -0.4 is 30.8 Å². The van der Waals surface area contributed by atoms with E-state index in [0.717, 1.165) is 10.1 Å². The number of ether oxygens (including phenoxy) is 3. The lowest BCUT2D eigenvalue weighted by molar-refractivity contribution is -0.116. The molecule has 4 aromatic rings. The van der Waals surface area contributed by atoms with Crippen molar-refractivity contribution in [1.29, 1.82) is 0 Å². The molecule has 0 unspecified atom stereocenters. The van der Waals surface area contributed by atoms with E-state index in [1.165, 1.54) is 30.1 Å². The van der Waals surface area contributed by atoms with E-state index in [2.05, 4.69) is 5.32 Å². The number of thiophene rings is 1.